The molecule has 0 aromatic heterocycles. The van der Waals surface area contributed by atoms with E-state index in [9.17, 15) is 34.5 Å². The quantitative estimate of drug-likeness (QED) is 0.0228. The van der Waals surface area contributed by atoms with Gasteiger partial charge in [-0.25, -0.2) is 4.79 Å². The van der Waals surface area contributed by atoms with Crippen molar-refractivity contribution in [2.75, 3.05) is 13.2 Å². The summed E-state index contributed by atoms with van der Waals surface area (Å²) in [5.74, 6) is -3.23. The Balaban J connectivity index is 2.76. The minimum atomic E-state index is -1.92. The first-order chi connectivity index (χ1) is 35.6. The fraction of sp³-hybridized carbons (Fsp3) is 0.639. The van der Waals surface area contributed by atoms with Crippen molar-refractivity contribution in [1.29, 1.82) is 0 Å². The molecule has 6 unspecified atom stereocenters. The normalized spacial score (nSPS) is 19.2. The number of carboxylic acids is 1. The molecule has 1 saturated heterocycles. The van der Waals surface area contributed by atoms with Gasteiger partial charge in [-0.2, -0.15) is 0 Å². The van der Waals surface area contributed by atoms with Crippen molar-refractivity contribution in [1.82, 2.24) is 0 Å². The van der Waals surface area contributed by atoms with Crippen molar-refractivity contribution in [3.63, 3.8) is 0 Å². The van der Waals surface area contributed by atoms with Crippen molar-refractivity contribution in [3.05, 3.63) is 109 Å². The summed E-state index contributed by atoms with van der Waals surface area (Å²) in [7, 11) is 0. The Bertz CT molecular complexity index is 1690. The van der Waals surface area contributed by atoms with Crippen LogP contribution in [0.25, 0.3) is 0 Å². The Hall–Kier alpha value is -4.62. The van der Waals surface area contributed by atoms with Crippen molar-refractivity contribution in [2.24, 2.45) is 0 Å². The first-order valence-electron chi connectivity index (χ1n) is 27.9. The summed E-state index contributed by atoms with van der Waals surface area (Å²) in [6.07, 6.45) is 52.1. The molecule has 0 bridgehead atoms. The van der Waals surface area contributed by atoms with Gasteiger partial charge in [0.25, 0.3) is 0 Å². The Morgan fingerprint density at radius 3 is 1.34 bits per heavy atom. The predicted octanol–water partition coefficient (Wildman–Crippen LogP) is 13.9. The summed E-state index contributed by atoms with van der Waals surface area (Å²) in [6.45, 7) is 5.62. The zero-order valence-electron chi connectivity index (χ0n) is 45.1. The lowest BCUT2D eigenvalue weighted by Crippen LogP contribution is -2.61. The van der Waals surface area contributed by atoms with Gasteiger partial charge in [-0.05, 0) is 116 Å². The number of aliphatic hydroxyl groups is 2. The van der Waals surface area contributed by atoms with Gasteiger partial charge in [0.2, 0.25) is 0 Å². The molecule has 1 aliphatic heterocycles. The van der Waals surface area contributed by atoms with Gasteiger partial charge in [0.05, 0.1) is 6.61 Å². The highest BCUT2D eigenvalue weighted by atomic mass is 16.7. The number of aliphatic hydroxyl groups excluding tert-OH is 2. The van der Waals surface area contributed by atoms with E-state index in [0.29, 0.717) is 19.3 Å². The lowest BCUT2D eigenvalue weighted by atomic mass is 9.98. The minimum absolute atomic E-state index is 0.0295. The third kappa shape index (κ3) is 38.6. The van der Waals surface area contributed by atoms with E-state index >= 15 is 0 Å². The molecule has 3 N–H and O–H groups in total. The molecule has 0 spiro atoms. The highest BCUT2D eigenvalue weighted by molar-refractivity contribution is 5.74. The van der Waals surface area contributed by atoms with Crippen molar-refractivity contribution in [2.45, 2.75) is 237 Å². The smallest absolute Gasteiger partial charge is 0.335 e. The Morgan fingerprint density at radius 2 is 0.863 bits per heavy atom. The van der Waals surface area contributed by atoms with Crippen LogP contribution < -0.4 is 0 Å². The van der Waals surface area contributed by atoms with Crippen LogP contribution in [-0.2, 0) is 42.9 Å². The first kappa shape index (κ1) is 66.4. The van der Waals surface area contributed by atoms with Crippen LogP contribution in [0.3, 0.4) is 0 Å². The number of hydrogen-bond acceptors (Lipinski definition) is 11. The molecule has 0 aromatic carbocycles. The average Bonchev–Trinajstić information content (AvgIpc) is 3.37. The summed E-state index contributed by atoms with van der Waals surface area (Å²) in [6, 6.07) is 0. The van der Waals surface area contributed by atoms with E-state index in [2.05, 4.69) is 130 Å². The van der Waals surface area contributed by atoms with Gasteiger partial charge in [-0.1, -0.05) is 175 Å². The molecule has 12 heteroatoms. The number of carbonyl (C=O) groups is 4. The highest BCUT2D eigenvalue weighted by Gasteiger charge is 2.50. The van der Waals surface area contributed by atoms with E-state index in [-0.39, 0.29) is 25.9 Å². The fourth-order valence-corrected chi connectivity index (χ4v) is 7.59. The van der Waals surface area contributed by atoms with E-state index in [0.717, 1.165) is 141 Å². The van der Waals surface area contributed by atoms with Crippen LogP contribution in [0.15, 0.2) is 109 Å². The third-order valence-corrected chi connectivity index (χ3v) is 11.8. The molecule has 1 rings (SSSR count). The largest absolute Gasteiger partial charge is 0.479 e. The maximum Gasteiger partial charge on any atom is 0.335 e. The van der Waals surface area contributed by atoms with Crippen LogP contribution in [0.5, 0.6) is 0 Å². The minimum Gasteiger partial charge on any atom is -0.479 e. The van der Waals surface area contributed by atoms with Crippen LogP contribution in [-0.4, -0.2) is 89.2 Å². The first-order valence-corrected chi connectivity index (χ1v) is 27.9. The third-order valence-electron chi connectivity index (χ3n) is 11.8. The van der Waals surface area contributed by atoms with Crippen LogP contribution in [0, 0.1) is 0 Å². The van der Waals surface area contributed by atoms with E-state index in [1.807, 2.05) is 0 Å². The lowest BCUT2D eigenvalue weighted by molar-refractivity contribution is -0.301. The van der Waals surface area contributed by atoms with E-state index < -0.39 is 67.3 Å². The number of rotatable bonds is 45. The number of unbranched alkanes of at least 4 members (excludes halogenated alkanes) is 13. The molecular formula is C61H96O12. The number of carbonyl (C=O) groups excluding carboxylic acids is 3. The van der Waals surface area contributed by atoms with Crippen LogP contribution in [0.4, 0.5) is 0 Å². The SMILES string of the molecule is CC/C=C\C/C=C\C/C=C\C/C=C\CCCCC(=O)OCC(COC1OC(C(=O)O)C(O)C(O)C1OC(=O)CCCCCCC/C=C\C/C=C\C/C=C\CC)OC(=O)CCCCCCC/C=C\C/C=C\CCC. The van der Waals surface area contributed by atoms with Crippen LogP contribution in [0.2, 0.25) is 0 Å². The van der Waals surface area contributed by atoms with Gasteiger partial charge in [-0.3, -0.25) is 14.4 Å². The number of carboxylic acid groups (broad SMARTS) is 1. The number of esters is 3. The molecule has 1 fully saturated rings. The lowest BCUT2D eigenvalue weighted by Gasteiger charge is -2.40. The van der Waals surface area contributed by atoms with E-state index in [1.54, 1.807) is 0 Å². The zero-order valence-corrected chi connectivity index (χ0v) is 45.1. The number of aliphatic carboxylic acids is 1. The number of ether oxygens (including phenoxy) is 5. The monoisotopic (exact) mass is 1020 g/mol. The number of hydrogen-bond donors (Lipinski definition) is 3. The Kier molecular flexibility index (Phi) is 44.0. The summed E-state index contributed by atoms with van der Waals surface area (Å²) >= 11 is 0. The fourth-order valence-electron chi connectivity index (χ4n) is 7.59. The summed E-state index contributed by atoms with van der Waals surface area (Å²) in [5.41, 5.74) is 0. The Morgan fingerprint density at radius 1 is 0.466 bits per heavy atom. The molecule has 412 valence electrons. The molecule has 0 aromatic rings. The van der Waals surface area contributed by atoms with Gasteiger partial charge in [0, 0.05) is 19.3 Å². The topological polar surface area (TPSA) is 175 Å². The standard InChI is InChI=1S/C61H96O12/c1-4-7-10-13-16-19-22-25-27-30-32-35-38-41-44-47-53(62)69-50-52(71-54(63)48-45-42-39-36-33-29-24-21-18-15-12-9-6-3)51-70-61-59(57(66)56(65)58(73-61)60(67)68)72-55(64)49-46-43-40-37-34-31-28-26-23-20-17-14-11-8-5-2/h7-8,10-12,15-17,19-21,24-28,32,35,52,56-59,61,65-66H,4-6,9,13-14,18,22-23,29-31,33-34,36-51H2,1-3H3,(H,67,68)/b10-7-,11-8-,15-12-,19-16-,20-17-,24-21-,27-25-,28-26-,35-32-. The molecule has 0 aliphatic carbocycles. The molecule has 1 heterocycles. The molecule has 0 amide bonds. The van der Waals surface area contributed by atoms with Gasteiger partial charge in [0.15, 0.2) is 24.6 Å². The second kappa shape index (κ2) is 48.3. The van der Waals surface area contributed by atoms with Crippen LogP contribution in [0.1, 0.15) is 201 Å². The molecule has 12 nitrogen and oxygen atoms in total. The van der Waals surface area contributed by atoms with Crippen molar-refractivity contribution < 1.29 is 58.2 Å². The molecule has 1 aliphatic rings. The van der Waals surface area contributed by atoms with Gasteiger partial charge in [-0.15, -0.1) is 0 Å². The van der Waals surface area contributed by atoms with Crippen LogP contribution >= 0.6 is 0 Å². The molecule has 0 saturated carbocycles. The molecular weight excluding hydrogens is 925 g/mol. The van der Waals surface area contributed by atoms with Crippen molar-refractivity contribution in [3.8, 4) is 0 Å². The maximum atomic E-state index is 13.1. The summed E-state index contributed by atoms with van der Waals surface area (Å²) in [4.78, 5) is 51.0. The number of allylic oxidation sites excluding steroid dienone is 18. The van der Waals surface area contributed by atoms with Crippen molar-refractivity contribution >= 4 is 23.9 Å². The van der Waals surface area contributed by atoms with Gasteiger partial charge < -0.3 is 39.0 Å². The zero-order chi connectivity index (χ0) is 53.3. The van der Waals surface area contributed by atoms with Gasteiger partial charge in [0.1, 0.15) is 18.8 Å². The second-order valence-electron chi connectivity index (χ2n) is 18.4. The maximum absolute atomic E-state index is 13.1. The summed E-state index contributed by atoms with van der Waals surface area (Å²) in [5, 5.41) is 31.4. The highest BCUT2D eigenvalue weighted by Crippen LogP contribution is 2.26. The second-order valence-corrected chi connectivity index (χ2v) is 18.4. The van der Waals surface area contributed by atoms with Gasteiger partial charge >= 0.3 is 23.9 Å². The molecule has 0 radical (unpaired) electrons. The molecule has 6 atom stereocenters. The summed E-state index contributed by atoms with van der Waals surface area (Å²) < 4.78 is 28.3. The van der Waals surface area contributed by atoms with E-state index in [1.165, 1.54) is 0 Å². The molecule has 73 heavy (non-hydrogen) atoms. The Labute approximate surface area is 440 Å². The predicted molar refractivity (Wildman–Crippen MR) is 294 cm³/mol. The average molecular weight is 1020 g/mol. The van der Waals surface area contributed by atoms with E-state index in [4.69, 9.17) is 23.7 Å².